The first-order valence-electron chi connectivity index (χ1n) is 13.0. The second-order valence-electron chi connectivity index (χ2n) is 9.82. The third-order valence-corrected chi connectivity index (χ3v) is 7.57. The number of benzene rings is 1. The summed E-state index contributed by atoms with van der Waals surface area (Å²) in [6, 6.07) is 8.24. The molecular formula is C26H36N6O3. The van der Waals surface area contributed by atoms with Crippen LogP contribution in [-0.2, 0) is 17.8 Å². The quantitative estimate of drug-likeness (QED) is 0.494. The number of nitrogens with one attached hydrogen (secondary N) is 1. The fraction of sp³-hybridized carbons (Fsp3) is 0.615. The maximum atomic E-state index is 13.2. The molecule has 5 rings (SSSR count). The molecule has 0 spiro atoms. The van der Waals surface area contributed by atoms with E-state index in [1.54, 1.807) is 7.11 Å². The number of tetrazole rings is 1. The van der Waals surface area contributed by atoms with E-state index < -0.39 is 0 Å². The minimum Gasteiger partial charge on any atom is -0.497 e. The van der Waals surface area contributed by atoms with Crippen LogP contribution in [0, 0.1) is 0 Å². The number of H-pyrrole nitrogens is 1. The molecule has 3 aromatic rings. The molecule has 1 saturated carbocycles. The highest BCUT2D eigenvalue weighted by Gasteiger charge is 2.32. The average Bonchev–Trinajstić information content (AvgIpc) is 3.57. The Morgan fingerprint density at radius 2 is 2.06 bits per heavy atom. The lowest BCUT2D eigenvalue weighted by molar-refractivity contribution is 0.0734. The number of aromatic nitrogens is 5. The lowest BCUT2D eigenvalue weighted by Gasteiger charge is -2.39. The van der Waals surface area contributed by atoms with Crippen molar-refractivity contribution in [3.63, 3.8) is 0 Å². The van der Waals surface area contributed by atoms with Crippen molar-refractivity contribution < 1.29 is 9.47 Å². The number of rotatable bonds is 9. The highest BCUT2D eigenvalue weighted by atomic mass is 16.5. The predicted molar refractivity (Wildman–Crippen MR) is 133 cm³/mol. The zero-order chi connectivity index (χ0) is 24.2. The molecule has 0 amide bonds. The Kier molecular flexibility index (Phi) is 7.43. The molecule has 0 radical (unpaired) electrons. The third-order valence-electron chi connectivity index (χ3n) is 7.57. The number of hydrogen-bond donors (Lipinski definition) is 1. The van der Waals surface area contributed by atoms with E-state index in [2.05, 4.69) is 32.3 Å². The van der Waals surface area contributed by atoms with Crippen LogP contribution in [0.15, 0.2) is 29.1 Å². The molecule has 1 aromatic carbocycles. The Bertz CT molecular complexity index is 1180. The van der Waals surface area contributed by atoms with E-state index in [1.165, 1.54) is 19.3 Å². The first-order chi connectivity index (χ1) is 17.2. The topological polar surface area (TPSA) is 98.2 Å². The molecule has 2 atom stereocenters. The van der Waals surface area contributed by atoms with E-state index in [1.807, 2.05) is 28.9 Å². The summed E-state index contributed by atoms with van der Waals surface area (Å²) in [7, 11) is 1.63. The molecule has 0 bridgehead atoms. The summed E-state index contributed by atoms with van der Waals surface area (Å²) in [5.41, 5.74) is 1.50. The second kappa shape index (κ2) is 10.9. The predicted octanol–water partition coefficient (Wildman–Crippen LogP) is 3.99. The van der Waals surface area contributed by atoms with Crippen molar-refractivity contribution in [2.24, 2.45) is 0 Å². The van der Waals surface area contributed by atoms with Crippen LogP contribution in [0.1, 0.15) is 75.7 Å². The maximum Gasteiger partial charge on any atom is 0.252 e. The number of pyridine rings is 1. The van der Waals surface area contributed by atoms with Crippen LogP contribution in [0.2, 0.25) is 0 Å². The minimum atomic E-state index is -0.0552. The van der Waals surface area contributed by atoms with Gasteiger partial charge in [-0.2, -0.15) is 0 Å². The zero-order valence-corrected chi connectivity index (χ0v) is 20.8. The number of aromatic amines is 1. The summed E-state index contributed by atoms with van der Waals surface area (Å²) in [6.07, 6.45) is 9.13. The van der Waals surface area contributed by atoms with E-state index in [0.717, 1.165) is 66.8 Å². The number of methoxy groups -OCH3 is 1. The molecule has 1 aliphatic carbocycles. The van der Waals surface area contributed by atoms with Gasteiger partial charge in [0.05, 0.1) is 31.3 Å². The SMILES string of the molecule is CC[C@H](c1nnnn1C[C@H]1CCCO1)N(Cc1cc2ccc(OC)cc2[nH]c1=O)C1CCCCC1. The second-order valence-corrected chi connectivity index (χ2v) is 9.82. The Balaban J connectivity index is 1.47. The van der Waals surface area contributed by atoms with E-state index in [4.69, 9.17) is 9.47 Å². The highest BCUT2D eigenvalue weighted by Crippen LogP contribution is 2.33. The Labute approximate surface area is 205 Å². The van der Waals surface area contributed by atoms with Crippen LogP contribution in [0.5, 0.6) is 5.75 Å². The molecule has 9 nitrogen and oxygen atoms in total. The van der Waals surface area contributed by atoms with Crippen molar-refractivity contribution in [3.05, 3.63) is 46.0 Å². The number of ether oxygens (including phenoxy) is 2. The van der Waals surface area contributed by atoms with Gasteiger partial charge in [-0.3, -0.25) is 9.69 Å². The molecule has 2 fully saturated rings. The minimum absolute atomic E-state index is 0.0282. The molecular weight excluding hydrogens is 444 g/mol. The Morgan fingerprint density at radius 1 is 1.20 bits per heavy atom. The van der Waals surface area contributed by atoms with Gasteiger partial charge in [-0.1, -0.05) is 26.2 Å². The van der Waals surface area contributed by atoms with Gasteiger partial charge >= 0.3 is 0 Å². The molecule has 2 aliphatic rings. The molecule has 0 unspecified atom stereocenters. The normalized spacial score (nSPS) is 20.0. The monoisotopic (exact) mass is 480 g/mol. The largest absolute Gasteiger partial charge is 0.497 e. The van der Waals surface area contributed by atoms with Gasteiger partial charge < -0.3 is 14.5 Å². The van der Waals surface area contributed by atoms with E-state index in [0.29, 0.717) is 19.1 Å². The molecule has 1 aliphatic heterocycles. The summed E-state index contributed by atoms with van der Waals surface area (Å²) in [5, 5.41) is 13.9. The van der Waals surface area contributed by atoms with Gasteiger partial charge in [0, 0.05) is 30.8 Å². The summed E-state index contributed by atoms with van der Waals surface area (Å²) in [5.74, 6) is 1.60. The third kappa shape index (κ3) is 5.26. The van der Waals surface area contributed by atoms with Gasteiger partial charge in [0.1, 0.15) is 5.75 Å². The Morgan fingerprint density at radius 3 is 2.80 bits per heavy atom. The number of fused-ring (bicyclic) bond motifs is 1. The average molecular weight is 481 g/mol. The lowest BCUT2D eigenvalue weighted by Crippen LogP contribution is -2.41. The molecule has 1 N–H and O–H groups in total. The fourth-order valence-electron chi connectivity index (χ4n) is 5.70. The van der Waals surface area contributed by atoms with E-state index >= 15 is 0 Å². The summed E-state index contributed by atoms with van der Waals surface area (Å²) in [4.78, 5) is 18.7. The molecule has 2 aromatic heterocycles. The van der Waals surface area contributed by atoms with E-state index in [-0.39, 0.29) is 17.7 Å². The first-order valence-corrected chi connectivity index (χ1v) is 13.0. The van der Waals surface area contributed by atoms with Crippen LogP contribution in [-0.4, -0.2) is 56.0 Å². The van der Waals surface area contributed by atoms with Gasteiger partial charge in [-0.05, 0) is 66.1 Å². The number of hydrogen-bond acceptors (Lipinski definition) is 7. The number of nitrogens with zero attached hydrogens (tertiary/aromatic N) is 5. The van der Waals surface area contributed by atoms with Gasteiger partial charge in [-0.25, -0.2) is 4.68 Å². The van der Waals surface area contributed by atoms with Crippen LogP contribution >= 0.6 is 0 Å². The van der Waals surface area contributed by atoms with Gasteiger partial charge in [0.25, 0.3) is 5.56 Å². The Hall–Kier alpha value is -2.78. The summed E-state index contributed by atoms with van der Waals surface area (Å²) < 4.78 is 13.1. The van der Waals surface area contributed by atoms with Crippen molar-refractivity contribution in [3.8, 4) is 5.75 Å². The fourth-order valence-corrected chi connectivity index (χ4v) is 5.70. The lowest BCUT2D eigenvalue weighted by atomic mass is 9.92. The van der Waals surface area contributed by atoms with Crippen molar-refractivity contribution >= 4 is 10.9 Å². The summed E-state index contributed by atoms with van der Waals surface area (Å²) in [6.45, 7) is 4.23. The van der Waals surface area contributed by atoms with Crippen LogP contribution in [0.3, 0.4) is 0 Å². The van der Waals surface area contributed by atoms with Crippen LogP contribution in [0.25, 0.3) is 10.9 Å². The van der Waals surface area contributed by atoms with Gasteiger partial charge in [0.15, 0.2) is 5.82 Å². The van der Waals surface area contributed by atoms with Crippen molar-refractivity contribution in [2.45, 2.75) is 89.6 Å². The maximum absolute atomic E-state index is 13.2. The van der Waals surface area contributed by atoms with E-state index in [9.17, 15) is 4.79 Å². The molecule has 1 saturated heterocycles. The van der Waals surface area contributed by atoms with Crippen molar-refractivity contribution in [2.75, 3.05) is 13.7 Å². The van der Waals surface area contributed by atoms with Crippen LogP contribution in [0.4, 0.5) is 0 Å². The standard InChI is InChI=1S/C26H36N6O3/c1-3-24(25-28-29-30-32(25)17-22-10-7-13-35-22)31(20-8-5-4-6-9-20)16-19-14-18-11-12-21(34-2)15-23(18)27-26(19)33/h11-12,14-15,20,22,24H,3-10,13,16-17H2,1-2H3,(H,27,33)/t22-,24-/m1/s1. The van der Waals surface area contributed by atoms with Gasteiger partial charge in [0.2, 0.25) is 0 Å². The van der Waals surface area contributed by atoms with Gasteiger partial charge in [-0.15, -0.1) is 5.10 Å². The van der Waals surface area contributed by atoms with Crippen LogP contribution < -0.4 is 10.3 Å². The summed E-state index contributed by atoms with van der Waals surface area (Å²) >= 11 is 0. The van der Waals surface area contributed by atoms with Crippen molar-refractivity contribution in [1.29, 1.82) is 0 Å². The molecule has 9 heteroatoms. The highest BCUT2D eigenvalue weighted by molar-refractivity contribution is 5.80. The smallest absolute Gasteiger partial charge is 0.252 e. The molecule has 188 valence electrons. The first kappa shape index (κ1) is 23.9. The molecule has 35 heavy (non-hydrogen) atoms. The van der Waals surface area contributed by atoms with Crippen molar-refractivity contribution in [1.82, 2.24) is 30.1 Å². The molecule has 3 heterocycles. The zero-order valence-electron chi connectivity index (χ0n) is 20.8.